The molecular formula is C13H16O5. The lowest BCUT2D eigenvalue weighted by atomic mass is 10.2. The van der Waals surface area contributed by atoms with Crippen molar-refractivity contribution in [1.29, 1.82) is 0 Å². The van der Waals surface area contributed by atoms with Crippen molar-refractivity contribution in [3.63, 3.8) is 0 Å². The summed E-state index contributed by atoms with van der Waals surface area (Å²) in [6, 6.07) is 7.44. The van der Waals surface area contributed by atoms with Crippen molar-refractivity contribution in [3.05, 3.63) is 29.8 Å². The number of benzene rings is 1. The van der Waals surface area contributed by atoms with Crippen LogP contribution >= 0.6 is 0 Å². The molecule has 2 rings (SSSR count). The van der Waals surface area contributed by atoms with Crippen LogP contribution in [0.3, 0.4) is 0 Å². The van der Waals surface area contributed by atoms with Crippen molar-refractivity contribution in [3.8, 4) is 5.75 Å². The van der Waals surface area contributed by atoms with Crippen molar-refractivity contribution in [2.75, 3.05) is 20.8 Å². The van der Waals surface area contributed by atoms with Gasteiger partial charge < -0.3 is 18.9 Å². The van der Waals surface area contributed by atoms with Gasteiger partial charge in [0.1, 0.15) is 5.75 Å². The molecule has 0 saturated carbocycles. The summed E-state index contributed by atoms with van der Waals surface area (Å²) in [7, 11) is 2.98. The molecule has 0 bridgehead atoms. The van der Waals surface area contributed by atoms with Gasteiger partial charge in [0.2, 0.25) is 0 Å². The van der Waals surface area contributed by atoms with Crippen LogP contribution in [0.15, 0.2) is 24.3 Å². The minimum Gasteiger partial charge on any atom is -0.497 e. The van der Waals surface area contributed by atoms with E-state index in [1.54, 1.807) is 7.11 Å². The van der Waals surface area contributed by atoms with Crippen LogP contribution < -0.4 is 4.74 Å². The second kappa shape index (κ2) is 5.84. The van der Waals surface area contributed by atoms with Gasteiger partial charge in [-0.25, -0.2) is 0 Å². The molecule has 1 aromatic rings. The van der Waals surface area contributed by atoms with E-state index in [1.165, 1.54) is 7.11 Å². The van der Waals surface area contributed by atoms with Crippen molar-refractivity contribution in [1.82, 2.24) is 0 Å². The molecule has 1 aliphatic rings. The van der Waals surface area contributed by atoms with Crippen LogP contribution in [-0.4, -0.2) is 32.9 Å². The molecule has 0 aliphatic carbocycles. The molecule has 98 valence electrons. The van der Waals surface area contributed by atoms with Gasteiger partial charge >= 0.3 is 5.97 Å². The molecule has 2 atom stereocenters. The van der Waals surface area contributed by atoms with Gasteiger partial charge in [-0.15, -0.1) is 0 Å². The smallest absolute Gasteiger partial charge is 0.308 e. The van der Waals surface area contributed by atoms with E-state index in [2.05, 4.69) is 4.74 Å². The number of carbonyl (C=O) groups excluding carboxylic acids is 1. The highest BCUT2D eigenvalue weighted by Crippen LogP contribution is 2.29. The summed E-state index contributed by atoms with van der Waals surface area (Å²) in [4.78, 5) is 11.1. The Bertz CT molecular complexity index is 400. The maximum absolute atomic E-state index is 11.1. The Balaban J connectivity index is 1.93. The van der Waals surface area contributed by atoms with Crippen LogP contribution in [-0.2, 0) is 19.0 Å². The molecule has 5 heteroatoms. The zero-order valence-electron chi connectivity index (χ0n) is 10.4. The molecule has 1 saturated heterocycles. The Kier molecular flexibility index (Phi) is 4.17. The van der Waals surface area contributed by atoms with Gasteiger partial charge in [-0.05, 0) is 12.1 Å². The summed E-state index contributed by atoms with van der Waals surface area (Å²) in [6.45, 7) is 0.395. The second-order valence-electron chi connectivity index (χ2n) is 3.98. The molecule has 1 heterocycles. The zero-order chi connectivity index (χ0) is 13.0. The van der Waals surface area contributed by atoms with E-state index < -0.39 is 6.29 Å². The lowest BCUT2D eigenvalue weighted by Crippen LogP contribution is -2.16. The van der Waals surface area contributed by atoms with Crippen LogP contribution in [0.4, 0.5) is 0 Å². The highest BCUT2D eigenvalue weighted by atomic mass is 16.7. The first-order valence-corrected chi connectivity index (χ1v) is 5.70. The fraction of sp³-hybridized carbons (Fsp3) is 0.462. The van der Waals surface area contributed by atoms with Crippen molar-refractivity contribution in [2.24, 2.45) is 0 Å². The lowest BCUT2D eigenvalue weighted by Gasteiger charge is -2.11. The predicted molar refractivity (Wildman–Crippen MR) is 63.2 cm³/mol. The van der Waals surface area contributed by atoms with Crippen LogP contribution in [0.5, 0.6) is 5.75 Å². The summed E-state index contributed by atoms with van der Waals surface area (Å²) in [5, 5.41) is 0. The first kappa shape index (κ1) is 12.9. The Morgan fingerprint density at radius 3 is 2.67 bits per heavy atom. The standard InChI is InChI=1S/C13H16O5/c1-15-10-5-3-9(4-6-10)13-17-8-11(18-13)7-12(14)16-2/h3-6,11,13H,7-8H2,1-2H3. The SMILES string of the molecule is COC(=O)CC1COC(c2ccc(OC)cc2)O1. The van der Waals surface area contributed by atoms with E-state index in [1.807, 2.05) is 24.3 Å². The molecule has 5 nitrogen and oxygen atoms in total. The summed E-state index contributed by atoms with van der Waals surface area (Å²) in [5.74, 6) is 0.488. The van der Waals surface area contributed by atoms with Crippen LogP contribution in [0.1, 0.15) is 18.3 Å². The van der Waals surface area contributed by atoms with Crippen LogP contribution in [0.2, 0.25) is 0 Å². The number of hydrogen-bond donors (Lipinski definition) is 0. The molecule has 1 aliphatic heterocycles. The predicted octanol–water partition coefficient (Wildman–Crippen LogP) is 1.67. The third-order valence-corrected chi connectivity index (χ3v) is 2.76. The fourth-order valence-electron chi connectivity index (χ4n) is 1.76. The molecule has 0 aromatic heterocycles. The third kappa shape index (κ3) is 3.00. The van der Waals surface area contributed by atoms with Gasteiger partial charge in [-0.3, -0.25) is 4.79 Å². The minimum atomic E-state index is -0.425. The Morgan fingerprint density at radius 1 is 1.33 bits per heavy atom. The van der Waals surface area contributed by atoms with Gasteiger partial charge in [0.05, 0.1) is 33.4 Å². The van der Waals surface area contributed by atoms with Gasteiger partial charge in [0.25, 0.3) is 0 Å². The maximum Gasteiger partial charge on any atom is 0.308 e. The maximum atomic E-state index is 11.1. The van der Waals surface area contributed by atoms with Gasteiger partial charge in [-0.2, -0.15) is 0 Å². The average molecular weight is 252 g/mol. The zero-order valence-corrected chi connectivity index (χ0v) is 10.4. The number of hydrogen-bond acceptors (Lipinski definition) is 5. The van der Waals surface area contributed by atoms with E-state index in [0.717, 1.165) is 11.3 Å². The first-order valence-electron chi connectivity index (χ1n) is 5.70. The normalized spacial score (nSPS) is 22.8. The lowest BCUT2D eigenvalue weighted by molar-refractivity contribution is -0.143. The average Bonchev–Trinajstić information content (AvgIpc) is 2.87. The first-order chi connectivity index (χ1) is 8.72. The molecule has 2 unspecified atom stereocenters. The van der Waals surface area contributed by atoms with Gasteiger partial charge in [0, 0.05) is 5.56 Å². The molecule has 1 fully saturated rings. The van der Waals surface area contributed by atoms with Crippen molar-refractivity contribution < 1.29 is 23.7 Å². The van der Waals surface area contributed by atoms with Crippen molar-refractivity contribution >= 4 is 5.97 Å². The van der Waals surface area contributed by atoms with E-state index in [4.69, 9.17) is 14.2 Å². The van der Waals surface area contributed by atoms with E-state index in [9.17, 15) is 4.79 Å². The Labute approximate surface area is 106 Å². The summed E-state index contributed by atoms with van der Waals surface area (Å²) >= 11 is 0. The van der Waals surface area contributed by atoms with Gasteiger partial charge in [-0.1, -0.05) is 12.1 Å². The minimum absolute atomic E-state index is 0.211. The number of carbonyl (C=O) groups is 1. The highest BCUT2D eigenvalue weighted by molar-refractivity contribution is 5.69. The molecule has 0 amide bonds. The number of esters is 1. The summed E-state index contributed by atoms with van der Waals surface area (Å²) < 4.78 is 20.8. The van der Waals surface area contributed by atoms with E-state index in [0.29, 0.717) is 6.61 Å². The van der Waals surface area contributed by atoms with Crippen molar-refractivity contribution in [2.45, 2.75) is 18.8 Å². The van der Waals surface area contributed by atoms with E-state index in [-0.39, 0.29) is 18.5 Å². The summed E-state index contributed by atoms with van der Waals surface area (Å²) in [5.41, 5.74) is 0.906. The second-order valence-corrected chi connectivity index (χ2v) is 3.98. The molecule has 0 spiro atoms. The number of methoxy groups -OCH3 is 2. The quantitative estimate of drug-likeness (QED) is 0.763. The van der Waals surface area contributed by atoms with Crippen LogP contribution in [0, 0.1) is 0 Å². The molecule has 18 heavy (non-hydrogen) atoms. The van der Waals surface area contributed by atoms with E-state index >= 15 is 0 Å². The molecule has 0 radical (unpaired) electrons. The summed E-state index contributed by atoms with van der Waals surface area (Å²) in [6.07, 6.45) is -0.460. The number of rotatable bonds is 4. The monoisotopic (exact) mass is 252 g/mol. The molecule has 1 aromatic carbocycles. The Hall–Kier alpha value is -1.59. The molecule has 0 N–H and O–H groups in total. The Morgan fingerprint density at radius 2 is 2.06 bits per heavy atom. The fourth-order valence-corrected chi connectivity index (χ4v) is 1.76. The topological polar surface area (TPSA) is 54.0 Å². The van der Waals surface area contributed by atoms with Gasteiger partial charge in [0.15, 0.2) is 6.29 Å². The largest absolute Gasteiger partial charge is 0.497 e. The third-order valence-electron chi connectivity index (χ3n) is 2.76. The number of ether oxygens (including phenoxy) is 4. The van der Waals surface area contributed by atoms with Crippen LogP contribution in [0.25, 0.3) is 0 Å². The highest BCUT2D eigenvalue weighted by Gasteiger charge is 2.29. The molecular weight excluding hydrogens is 236 g/mol.